The maximum Gasteiger partial charge on any atom is 0.213 e. The van der Waals surface area contributed by atoms with Gasteiger partial charge in [-0.05, 0) is 100 Å². The molecule has 0 aliphatic heterocycles. The van der Waals surface area contributed by atoms with Gasteiger partial charge in [-0.3, -0.25) is 0 Å². The largest absolute Gasteiger partial charge is 0.213 e. The van der Waals surface area contributed by atoms with Crippen molar-refractivity contribution < 1.29 is 8.96 Å². The molecule has 0 N–H and O–H groups in total. The number of fused-ring (bicyclic) bond motifs is 9. The van der Waals surface area contributed by atoms with Gasteiger partial charge in [0.15, 0.2) is 0 Å². The Labute approximate surface area is 228 Å². The zero-order valence-electron chi connectivity index (χ0n) is 22.6. The molecule has 0 atom stereocenters. The molecule has 0 spiro atoms. The van der Waals surface area contributed by atoms with E-state index < -0.39 is 0 Å². The van der Waals surface area contributed by atoms with Gasteiger partial charge in [0.25, 0.3) is 0 Å². The highest BCUT2D eigenvalue weighted by atomic mass is 19.1. The topological polar surface area (TPSA) is 3.88 Å². The van der Waals surface area contributed by atoms with Gasteiger partial charge in [0.1, 0.15) is 12.9 Å². The summed E-state index contributed by atoms with van der Waals surface area (Å²) in [6, 6.07) is 37.1. The number of benzene rings is 5. The predicted molar refractivity (Wildman–Crippen MR) is 160 cm³/mol. The van der Waals surface area contributed by atoms with Crippen molar-refractivity contribution in [3.8, 4) is 55.8 Å². The molecule has 0 saturated heterocycles. The molecule has 1 heterocycles. The molecule has 0 bridgehead atoms. The Balaban J connectivity index is 1.56. The number of hydrogen-bond acceptors (Lipinski definition) is 0. The van der Waals surface area contributed by atoms with Crippen LogP contribution in [0.3, 0.4) is 0 Å². The minimum atomic E-state index is -0.122. The molecule has 0 unspecified atom stereocenters. The molecule has 0 fully saturated rings. The summed E-state index contributed by atoms with van der Waals surface area (Å²) in [5, 5.41) is 0.948. The standard InChI is InChI=1S/C37H29FN/c1-22-19-33-30-15-9-7-13-28(30)26-11-5-6-12-27(26)29-14-8-10-16-31(29)34(33)21-32(22)35-18-17-25-24(3)37(38)23(2)20-36(25)39(35)4/h5-21H,1-4H3/q+1. The van der Waals surface area contributed by atoms with Crippen LogP contribution < -0.4 is 4.57 Å². The van der Waals surface area contributed by atoms with Crippen molar-refractivity contribution in [1.82, 2.24) is 0 Å². The second-order valence-corrected chi connectivity index (χ2v) is 10.7. The first-order chi connectivity index (χ1) is 18.9. The average Bonchev–Trinajstić information content (AvgIpc) is 2.96. The molecule has 1 nitrogen and oxygen atoms in total. The van der Waals surface area contributed by atoms with Crippen LogP contribution in [-0.4, -0.2) is 0 Å². The Bertz CT molecular complexity index is 1960. The first-order valence-corrected chi connectivity index (χ1v) is 13.5. The molecule has 1 aromatic heterocycles. The van der Waals surface area contributed by atoms with Crippen LogP contribution in [0.5, 0.6) is 0 Å². The fraction of sp³-hybridized carbons (Fsp3) is 0.108. The highest BCUT2D eigenvalue weighted by Gasteiger charge is 2.25. The normalized spacial score (nSPS) is 11.7. The number of rotatable bonds is 1. The zero-order chi connectivity index (χ0) is 26.8. The molecule has 7 rings (SSSR count). The SMILES string of the molecule is Cc1cc2c(cc1-c1ccc3c(C)c(F)c(C)cc3[n+]1C)-c1ccccc1-c1ccccc1-c1ccccc1-2. The number of aryl methyl sites for hydroxylation is 4. The number of hydrogen-bond donors (Lipinski definition) is 0. The van der Waals surface area contributed by atoms with E-state index in [9.17, 15) is 4.39 Å². The highest BCUT2D eigenvalue weighted by molar-refractivity contribution is 6.04. The third-order valence-electron chi connectivity index (χ3n) is 8.42. The number of nitrogens with zero attached hydrogens (tertiary/aromatic N) is 1. The van der Waals surface area contributed by atoms with E-state index in [2.05, 4.69) is 116 Å². The van der Waals surface area contributed by atoms with Gasteiger partial charge in [-0.2, -0.15) is 4.57 Å². The first kappa shape index (κ1) is 23.5. The van der Waals surface area contributed by atoms with Crippen molar-refractivity contribution in [2.75, 3.05) is 0 Å². The van der Waals surface area contributed by atoms with Crippen LogP contribution in [0.2, 0.25) is 0 Å². The van der Waals surface area contributed by atoms with Crippen LogP contribution in [0.4, 0.5) is 4.39 Å². The van der Waals surface area contributed by atoms with E-state index in [1.807, 2.05) is 19.9 Å². The van der Waals surface area contributed by atoms with Crippen LogP contribution in [0, 0.1) is 26.6 Å². The zero-order valence-corrected chi connectivity index (χ0v) is 22.6. The van der Waals surface area contributed by atoms with E-state index in [0.717, 1.165) is 16.6 Å². The summed E-state index contributed by atoms with van der Waals surface area (Å²) in [7, 11) is 2.09. The van der Waals surface area contributed by atoms with Crippen LogP contribution in [-0.2, 0) is 7.05 Å². The highest BCUT2D eigenvalue weighted by Crippen LogP contribution is 2.48. The molecule has 5 aromatic carbocycles. The molecular weight excluding hydrogens is 477 g/mol. The van der Waals surface area contributed by atoms with Crippen molar-refractivity contribution in [2.24, 2.45) is 7.05 Å². The molecule has 0 saturated carbocycles. The summed E-state index contributed by atoms with van der Waals surface area (Å²) in [4.78, 5) is 0. The number of aromatic nitrogens is 1. The minimum absolute atomic E-state index is 0.122. The fourth-order valence-corrected chi connectivity index (χ4v) is 6.40. The number of halogens is 1. The fourth-order valence-electron chi connectivity index (χ4n) is 6.40. The van der Waals surface area contributed by atoms with Crippen molar-refractivity contribution in [1.29, 1.82) is 0 Å². The molecule has 1 aliphatic carbocycles. The molecular formula is C37H29FN+. The quantitative estimate of drug-likeness (QED) is 0.195. The van der Waals surface area contributed by atoms with Crippen LogP contribution in [0.15, 0.2) is 103 Å². The lowest BCUT2D eigenvalue weighted by Crippen LogP contribution is -2.32. The Kier molecular flexibility index (Phi) is 5.28. The molecule has 0 radical (unpaired) electrons. The van der Waals surface area contributed by atoms with Gasteiger partial charge in [0.05, 0.1) is 5.39 Å². The van der Waals surface area contributed by atoms with E-state index in [-0.39, 0.29) is 5.82 Å². The monoisotopic (exact) mass is 506 g/mol. The van der Waals surface area contributed by atoms with Crippen LogP contribution >= 0.6 is 0 Å². The smallest absolute Gasteiger partial charge is 0.206 e. The molecule has 188 valence electrons. The molecule has 6 aromatic rings. The Morgan fingerprint density at radius 3 is 1.46 bits per heavy atom. The van der Waals surface area contributed by atoms with Gasteiger partial charge in [0.2, 0.25) is 11.2 Å². The lowest BCUT2D eigenvalue weighted by Gasteiger charge is -2.24. The van der Waals surface area contributed by atoms with Crippen LogP contribution in [0.1, 0.15) is 16.7 Å². The van der Waals surface area contributed by atoms with E-state index in [1.165, 1.54) is 55.6 Å². The third kappa shape index (κ3) is 3.48. The summed E-state index contributed by atoms with van der Waals surface area (Å²) in [6.07, 6.45) is 0. The summed E-state index contributed by atoms with van der Waals surface area (Å²) >= 11 is 0. The lowest BCUT2D eigenvalue weighted by atomic mass is 9.79. The van der Waals surface area contributed by atoms with Crippen molar-refractivity contribution in [2.45, 2.75) is 20.8 Å². The van der Waals surface area contributed by atoms with Crippen molar-refractivity contribution >= 4 is 10.9 Å². The van der Waals surface area contributed by atoms with Gasteiger partial charge in [-0.25, -0.2) is 4.39 Å². The molecule has 1 aliphatic rings. The van der Waals surface area contributed by atoms with Gasteiger partial charge in [-0.15, -0.1) is 0 Å². The van der Waals surface area contributed by atoms with Gasteiger partial charge in [-0.1, -0.05) is 72.8 Å². The second kappa shape index (κ2) is 8.74. The lowest BCUT2D eigenvalue weighted by molar-refractivity contribution is -0.633. The van der Waals surface area contributed by atoms with Crippen molar-refractivity contribution in [3.05, 3.63) is 126 Å². The summed E-state index contributed by atoms with van der Waals surface area (Å²) in [5.41, 5.74) is 15.8. The van der Waals surface area contributed by atoms with E-state index in [1.54, 1.807) is 0 Å². The second-order valence-electron chi connectivity index (χ2n) is 10.7. The molecule has 2 heteroatoms. The maximum atomic E-state index is 14.7. The minimum Gasteiger partial charge on any atom is -0.206 e. The predicted octanol–water partition coefficient (Wildman–Crippen LogP) is 9.38. The van der Waals surface area contributed by atoms with Crippen LogP contribution in [0.25, 0.3) is 66.7 Å². The Morgan fingerprint density at radius 1 is 0.487 bits per heavy atom. The van der Waals surface area contributed by atoms with Crippen molar-refractivity contribution in [3.63, 3.8) is 0 Å². The summed E-state index contributed by atoms with van der Waals surface area (Å²) in [6.45, 7) is 5.91. The van der Waals surface area contributed by atoms with E-state index in [0.29, 0.717) is 11.1 Å². The average molecular weight is 507 g/mol. The number of pyridine rings is 1. The van der Waals surface area contributed by atoms with Gasteiger partial charge >= 0.3 is 0 Å². The van der Waals surface area contributed by atoms with E-state index in [4.69, 9.17) is 0 Å². The summed E-state index contributed by atoms with van der Waals surface area (Å²) < 4.78 is 16.9. The Morgan fingerprint density at radius 2 is 0.949 bits per heavy atom. The summed E-state index contributed by atoms with van der Waals surface area (Å²) in [5.74, 6) is -0.122. The maximum absolute atomic E-state index is 14.7. The third-order valence-corrected chi connectivity index (χ3v) is 8.42. The molecule has 39 heavy (non-hydrogen) atoms. The van der Waals surface area contributed by atoms with Gasteiger partial charge < -0.3 is 0 Å². The Hall–Kier alpha value is -4.56. The molecule has 0 amide bonds. The van der Waals surface area contributed by atoms with Gasteiger partial charge in [0, 0.05) is 17.7 Å². The van der Waals surface area contributed by atoms with E-state index >= 15 is 0 Å². The first-order valence-electron chi connectivity index (χ1n) is 13.5.